The maximum absolute atomic E-state index is 13.6. The number of rotatable bonds is 14. The Morgan fingerprint density at radius 3 is 2.54 bits per heavy atom. The average Bonchev–Trinajstić information content (AvgIpc) is 3.75. The van der Waals surface area contributed by atoms with Crippen LogP contribution in [0.15, 0.2) is 98.1 Å². The van der Waals surface area contributed by atoms with Gasteiger partial charge in [-0.3, -0.25) is 9.36 Å². The van der Waals surface area contributed by atoms with Crippen molar-refractivity contribution in [3.05, 3.63) is 113 Å². The summed E-state index contributed by atoms with van der Waals surface area (Å²) >= 11 is 8.35. The van der Waals surface area contributed by atoms with Gasteiger partial charge < -0.3 is 14.2 Å². The average molecular weight is 839 g/mol. The number of para-hydroxylation sites is 1. The molecule has 0 N–H and O–H groups in total. The second kappa shape index (κ2) is 17.1. The molecule has 272 valence electrons. The van der Waals surface area contributed by atoms with Crippen LogP contribution in [0.3, 0.4) is 0 Å². The van der Waals surface area contributed by atoms with E-state index in [4.69, 9.17) is 4.74 Å². The quantitative estimate of drug-likeness (QED) is 0.0632. The molecule has 2 aromatic heterocycles. The lowest BCUT2D eigenvalue weighted by atomic mass is 10.2. The number of anilines is 1. The van der Waals surface area contributed by atoms with Crippen LogP contribution in [-0.4, -0.2) is 29.3 Å². The van der Waals surface area contributed by atoms with E-state index in [9.17, 15) is 17.8 Å². The number of hydrogen-bond acceptors (Lipinski definition) is 9. The highest BCUT2D eigenvalue weighted by atomic mass is 79.9. The molecule has 1 aliphatic heterocycles. The Kier molecular flexibility index (Phi) is 12.6. The summed E-state index contributed by atoms with van der Waals surface area (Å²) in [5, 5.41) is 0.942. The fraction of sp³-hybridized carbons (Fsp3) is 0.282. The van der Waals surface area contributed by atoms with Crippen LogP contribution in [0.2, 0.25) is 0 Å². The van der Waals surface area contributed by atoms with Crippen LogP contribution in [0, 0.1) is 0 Å². The van der Waals surface area contributed by atoms with E-state index in [1.807, 2.05) is 84.7 Å². The third-order valence-electron chi connectivity index (χ3n) is 8.72. The molecule has 1 unspecified atom stereocenters. The Hall–Kier alpha value is -3.46. The largest absolute Gasteiger partial charge is 0.748 e. The first kappa shape index (κ1) is 38.3. The van der Waals surface area contributed by atoms with Crippen molar-refractivity contribution >= 4 is 94.6 Å². The van der Waals surface area contributed by atoms with Gasteiger partial charge in [-0.15, -0.1) is 11.3 Å². The number of thiazole rings is 2. The second-order valence-electron chi connectivity index (χ2n) is 12.4. The molecular weight excluding hydrogens is 799 g/mol. The van der Waals surface area contributed by atoms with Gasteiger partial charge in [0.2, 0.25) is 5.52 Å². The Morgan fingerprint density at radius 2 is 1.79 bits per heavy atom. The Labute approximate surface area is 325 Å². The Bertz CT molecular complexity index is 2420. The van der Waals surface area contributed by atoms with E-state index in [1.54, 1.807) is 15.9 Å². The number of hydrogen-bond donors (Lipinski definition) is 0. The van der Waals surface area contributed by atoms with E-state index >= 15 is 0 Å². The lowest BCUT2D eigenvalue weighted by Crippen LogP contribution is -2.35. The van der Waals surface area contributed by atoms with Crippen LogP contribution in [0.4, 0.5) is 5.69 Å². The number of unbranched alkanes of at least 4 members (excludes halogenated alkanes) is 2. The number of allylic oxidation sites excluding steroid dienone is 2. The zero-order valence-electron chi connectivity index (χ0n) is 29.2. The van der Waals surface area contributed by atoms with E-state index in [0.29, 0.717) is 29.1 Å². The fourth-order valence-corrected chi connectivity index (χ4v) is 9.78. The summed E-state index contributed by atoms with van der Waals surface area (Å²) in [4.78, 5) is 16.5. The first-order valence-corrected chi connectivity index (χ1v) is 22.0. The molecule has 0 saturated carbocycles. The lowest BCUT2D eigenvalue weighted by molar-refractivity contribution is -0.669. The summed E-state index contributed by atoms with van der Waals surface area (Å²) in [7, 11) is -4.44. The molecule has 6 rings (SSSR count). The van der Waals surface area contributed by atoms with Gasteiger partial charge in [0.05, 0.1) is 30.0 Å². The topological polar surface area (TPSA) is 95.6 Å². The van der Waals surface area contributed by atoms with Crippen LogP contribution in [-0.2, 0) is 23.2 Å². The monoisotopic (exact) mass is 837 g/mol. The maximum Gasteiger partial charge on any atom is 0.269 e. The zero-order chi connectivity index (χ0) is 36.8. The first-order chi connectivity index (χ1) is 25.0. The van der Waals surface area contributed by atoms with Gasteiger partial charge in [-0.05, 0) is 81.3 Å². The van der Waals surface area contributed by atoms with Crippen molar-refractivity contribution < 1.29 is 22.3 Å². The molecule has 1 aliphatic rings. The van der Waals surface area contributed by atoms with Crippen molar-refractivity contribution in [3.8, 4) is 11.5 Å². The highest BCUT2D eigenvalue weighted by molar-refractivity contribution is 9.10. The van der Waals surface area contributed by atoms with Crippen LogP contribution in [0.1, 0.15) is 51.5 Å². The number of aryl methyl sites for hydroxylation is 1. The van der Waals surface area contributed by atoms with Gasteiger partial charge in [-0.1, -0.05) is 76.6 Å². The number of fused-ring (bicyclic) bond motifs is 2. The lowest BCUT2D eigenvalue weighted by Gasteiger charge is -2.24. The molecule has 3 aromatic carbocycles. The number of benzene rings is 3. The summed E-state index contributed by atoms with van der Waals surface area (Å²) in [6.07, 6.45) is 13.5. The van der Waals surface area contributed by atoms with Gasteiger partial charge >= 0.3 is 0 Å². The van der Waals surface area contributed by atoms with Gasteiger partial charge in [0, 0.05) is 52.3 Å². The van der Waals surface area contributed by atoms with Crippen molar-refractivity contribution in [3.63, 3.8) is 0 Å². The molecule has 3 heterocycles. The highest BCUT2D eigenvalue weighted by Gasteiger charge is 2.27. The van der Waals surface area contributed by atoms with E-state index in [2.05, 4.69) is 51.7 Å². The number of nitrogens with zero attached hydrogens (tertiary/aromatic N) is 3. The van der Waals surface area contributed by atoms with Crippen LogP contribution < -0.4 is 29.0 Å². The zero-order valence-corrected chi connectivity index (χ0v) is 34.0. The van der Waals surface area contributed by atoms with Gasteiger partial charge in [0.1, 0.15) is 16.2 Å². The summed E-state index contributed by atoms with van der Waals surface area (Å²) in [5.41, 5.74) is 2.00. The number of thioether (sulfide) groups is 1. The van der Waals surface area contributed by atoms with Crippen LogP contribution in [0.5, 0.6) is 11.5 Å². The molecule has 0 saturated heterocycles. The number of halogens is 1. The summed E-state index contributed by atoms with van der Waals surface area (Å²) in [6.45, 7) is 7.40. The summed E-state index contributed by atoms with van der Waals surface area (Å²) < 4.78 is 49.2. The Balaban J connectivity index is 1.32. The van der Waals surface area contributed by atoms with Crippen molar-refractivity contribution in [1.82, 2.24) is 4.57 Å². The van der Waals surface area contributed by atoms with E-state index in [1.165, 1.54) is 46.7 Å². The molecule has 0 fully saturated rings. The third kappa shape index (κ3) is 9.00. The summed E-state index contributed by atoms with van der Waals surface area (Å²) in [6, 6.07) is 21.7. The number of aromatic nitrogens is 2. The second-order valence-corrected chi connectivity index (χ2v) is 18.2. The molecular formula is C39H40BrN3O5S4. The van der Waals surface area contributed by atoms with Gasteiger partial charge in [-0.25, -0.2) is 8.42 Å². The normalized spacial score (nSPS) is 15.4. The molecule has 0 radical (unpaired) electrons. The minimum Gasteiger partial charge on any atom is -0.748 e. The first-order valence-electron chi connectivity index (χ1n) is 17.2. The minimum atomic E-state index is -4.44. The van der Waals surface area contributed by atoms with Crippen LogP contribution >= 0.6 is 50.4 Å². The van der Waals surface area contributed by atoms with Gasteiger partial charge in [-0.2, -0.15) is 4.57 Å². The summed E-state index contributed by atoms with van der Waals surface area (Å²) in [5.74, 6) is 1.34. The number of ether oxygens (including phenoxy) is 1. The van der Waals surface area contributed by atoms with E-state index in [0.717, 1.165) is 49.1 Å². The van der Waals surface area contributed by atoms with Crippen molar-refractivity contribution in [2.45, 2.75) is 69.7 Å². The van der Waals surface area contributed by atoms with Crippen LogP contribution in [0.25, 0.3) is 28.4 Å². The van der Waals surface area contributed by atoms with Crippen molar-refractivity contribution in [1.29, 1.82) is 0 Å². The standard InChI is InChI=1S/C39H40BrN3O5S4/c1-4-6-10-23-42-31-25-28(40)16-18-33(31)49-37(42)15-11-14-36-41(5-2)39(44)35(51-36)20-21-38-43(24-22-27(3)52(45,46)47)32-26-30(17-19-34(32)50-38)48-29-12-8-7-9-13-29/h7-9,11-21,25-27H,4-6,10,22-24H2,1-3H3/b35-20+,38-21-. The Morgan fingerprint density at radius 1 is 0.981 bits per heavy atom. The molecule has 0 aliphatic carbocycles. The predicted octanol–water partition coefficient (Wildman–Crippen LogP) is 8.23. The minimum absolute atomic E-state index is 0.0676. The maximum atomic E-state index is 13.6. The van der Waals surface area contributed by atoms with Gasteiger partial charge in [0.15, 0.2) is 6.54 Å². The van der Waals surface area contributed by atoms with Gasteiger partial charge in [0.25, 0.3) is 10.6 Å². The molecule has 13 heteroatoms. The van der Waals surface area contributed by atoms with E-state index < -0.39 is 15.4 Å². The molecule has 5 aromatic rings. The smallest absolute Gasteiger partial charge is 0.269 e. The molecule has 0 bridgehead atoms. The van der Waals surface area contributed by atoms with E-state index in [-0.39, 0.29) is 12.0 Å². The molecule has 0 amide bonds. The fourth-order valence-electron chi connectivity index (χ4n) is 5.86. The third-order valence-corrected chi connectivity index (χ3v) is 13.8. The van der Waals surface area contributed by atoms with Crippen molar-refractivity contribution in [2.24, 2.45) is 0 Å². The van der Waals surface area contributed by atoms with Crippen molar-refractivity contribution in [2.75, 3.05) is 11.4 Å². The predicted molar refractivity (Wildman–Crippen MR) is 219 cm³/mol. The molecule has 52 heavy (non-hydrogen) atoms. The highest BCUT2D eigenvalue weighted by Crippen LogP contribution is 2.48. The molecule has 1 atom stereocenters. The molecule has 0 spiro atoms. The molecule has 8 nitrogen and oxygen atoms in total. The SMILES string of the molecule is CCCCC[n+]1c(/C=C/C=c2\s/c(=C/C=C3\Sc4ccc(Oc5ccccc5)cc4N3CCC(C)S(=O)(=O)[O-])c(=O)n2CC)sc2ccc(Br)cc21.